The van der Waals surface area contributed by atoms with E-state index in [0.29, 0.717) is 5.69 Å². The van der Waals surface area contributed by atoms with E-state index in [4.69, 9.17) is 11.6 Å². The second-order valence-electron chi connectivity index (χ2n) is 2.85. The van der Waals surface area contributed by atoms with E-state index in [-0.39, 0.29) is 11.8 Å². The molecule has 1 aromatic rings. The van der Waals surface area contributed by atoms with Crippen LogP contribution in [0.3, 0.4) is 0 Å². The summed E-state index contributed by atoms with van der Waals surface area (Å²) in [5, 5.41) is 10.4. The lowest BCUT2D eigenvalue weighted by molar-refractivity contribution is -0.384. The minimum absolute atomic E-state index is 0.0390. The van der Waals surface area contributed by atoms with Crippen molar-refractivity contribution in [2.24, 2.45) is 0 Å². The average molecular weight is 245 g/mol. The Labute approximate surface area is 96.5 Å². The number of carbonyl (C=O) groups is 1. The first-order valence-electron chi connectivity index (χ1n) is 4.27. The molecule has 1 amide bonds. The van der Waals surface area contributed by atoms with Crippen LogP contribution in [0.15, 0.2) is 24.3 Å². The van der Waals surface area contributed by atoms with Crippen LogP contribution in [0.2, 0.25) is 0 Å². The number of halogens is 1. The summed E-state index contributed by atoms with van der Waals surface area (Å²) in [6.07, 6.45) is -0.621. The third kappa shape index (κ3) is 2.83. The Hall–Kier alpha value is -1.82. The van der Waals surface area contributed by atoms with Gasteiger partial charge in [0.2, 0.25) is 0 Å². The Kier molecular flexibility index (Phi) is 4.07. The number of anilines is 1. The highest BCUT2D eigenvalue weighted by Gasteiger charge is 2.13. The van der Waals surface area contributed by atoms with Gasteiger partial charge in [0.25, 0.3) is 5.69 Å². The molecule has 1 rings (SSSR count). The van der Waals surface area contributed by atoms with Gasteiger partial charge in [-0.2, -0.15) is 0 Å². The summed E-state index contributed by atoms with van der Waals surface area (Å²) in [5.74, 6) is 0. The zero-order valence-electron chi connectivity index (χ0n) is 8.42. The van der Waals surface area contributed by atoms with E-state index in [1.54, 1.807) is 0 Å². The van der Waals surface area contributed by atoms with E-state index >= 15 is 0 Å². The van der Waals surface area contributed by atoms with Crippen LogP contribution >= 0.6 is 11.6 Å². The molecule has 0 aliphatic rings. The number of nitro groups is 1. The highest BCUT2D eigenvalue weighted by Crippen LogP contribution is 2.18. The fourth-order valence-corrected chi connectivity index (χ4v) is 1.14. The van der Waals surface area contributed by atoms with Crippen LogP contribution in [0, 0.1) is 10.1 Å². The van der Waals surface area contributed by atoms with Gasteiger partial charge < -0.3 is 4.74 Å². The smallest absolute Gasteiger partial charge is 0.415 e. The predicted octanol–water partition coefficient (Wildman–Crippen LogP) is 2.36. The summed E-state index contributed by atoms with van der Waals surface area (Å²) < 4.78 is 4.55. The molecule has 0 heterocycles. The molecule has 0 aliphatic carbocycles. The molecule has 1 aromatic carbocycles. The fourth-order valence-electron chi connectivity index (χ4n) is 1.05. The first kappa shape index (κ1) is 12.3. The van der Waals surface area contributed by atoms with Crippen LogP contribution in [0.25, 0.3) is 0 Å². The molecule has 0 aromatic heterocycles. The number of carbonyl (C=O) groups excluding carboxylic acids is 1. The molecule has 7 heteroatoms. The number of nitro benzene ring substituents is 1. The van der Waals surface area contributed by atoms with Gasteiger partial charge in [-0.3, -0.25) is 15.0 Å². The molecule has 0 atom stereocenters. The van der Waals surface area contributed by atoms with Crippen LogP contribution in [0.4, 0.5) is 16.2 Å². The van der Waals surface area contributed by atoms with E-state index < -0.39 is 11.0 Å². The summed E-state index contributed by atoms with van der Waals surface area (Å²) in [6.45, 7) is 0. The van der Waals surface area contributed by atoms with Crippen molar-refractivity contribution in [3.63, 3.8) is 0 Å². The third-order valence-electron chi connectivity index (χ3n) is 1.90. The van der Waals surface area contributed by atoms with E-state index in [9.17, 15) is 14.9 Å². The molecule has 86 valence electrons. The van der Waals surface area contributed by atoms with Crippen molar-refractivity contribution in [2.75, 3.05) is 18.0 Å². The number of nitrogens with zero attached hydrogens (tertiary/aromatic N) is 2. The summed E-state index contributed by atoms with van der Waals surface area (Å²) in [5.41, 5.74) is 0.448. The number of hydrogen-bond acceptors (Lipinski definition) is 4. The molecule has 0 radical (unpaired) electrons. The molecular formula is C9H9ClN2O4. The molecule has 0 fully saturated rings. The first-order valence-corrected chi connectivity index (χ1v) is 4.80. The van der Waals surface area contributed by atoms with Gasteiger partial charge in [-0.25, -0.2) is 4.79 Å². The molecule has 0 N–H and O–H groups in total. The molecule has 0 saturated heterocycles. The number of rotatable bonds is 3. The minimum atomic E-state index is -0.621. The second-order valence-corrected chi connectivity index (χ2v) is 3.07. The maximum Gasteiger partial charge on any atom is 0.415 e. The Balaban J connectivity index is 2.81. The maximum absolute atomic E-state index is 11.2. The van der Waals surface area contributed by atoms with Crippen LogP contribution in [0.5, 0.6) is 0 Å². The average Bonchev–Trinajstić information content (AvgIpc) is 2.28. The van der Waals surface area contributed by atoms with Gasteiger partial charge in [-0.15, -0.1) is 0 Å². The maximum atomic E-state index is 11.2. The number of benzene rings is 1. The lowest BCUT2D eigenvalue weighted by atomic mass is 10.3. The Morgan fingerprint density at radius 3 is 2.50 bits per heavy atom. The quantitative estimate of drug-likeness (QED) is 0.465. The SMILES string of the molecule is CN(C(=O)OCCl)c1ccc([N+](=O)[O-])cc1. The molecule has 0 saturated carbocycles. The number of alkyl halides is 1. The summed E-state index contributed by atoms with van der Waals surface area (Å²) in [7, 11) is 1.48. The lowest BCUT2D eigenvalue weighted by Gasteiger charge is -2.15. The highest BCUT2D eigenvalue weighted by molar-refractivity contribution is 6.17. The standard InChI is InChI=1S/C9H9ClN2O4/c1-11(9(13)16-6-10)7-2-4-8(5-3-7)12(14)15/h2-5H,6H2,1H3. The van der Waals surface area contributed by atoms with Crippen LogP contribution in [-0.4, -0.2) is 24.1 Å². The summed E-state index contributed by atoms with van der Waals surface area (Å²) >= 11 is 5.24. The molecule has 16 heavy (non-hydrogen) atoms. The number of ether oxygens (including phenoxy) is 1. The molecule has 6 nitrogen and oxygen atoms in total. The van der Waals surface area contributed by atoms with E-state index in [1.165, 1.54) is 36.2 Å². The van der Waals surface area contributed by atoms with Gasteiger partial charge >= 0.3 is 6.09 Å². The van der Waals surface area contributed by atoms with E-state index in [0.717, 1.165) is 0 Å². The van der Waals surface area contributed by atoms with E-state index in [2.05, 4.69) is 4.74 Å². The van der Waals surface area contributed by atoms with Crippen molar-refractivity contribution in [1.82, 2.24) is 0 Å². The van der Waals surface area contributed by atoms with Gasteiger partial charge in [0.15, 0.2) is 6.07 Å². The Morgan fingerprint density at radius 2 is 2.06 bits per heavy atom. The van der Waals surface area contributed by atoms with E-state index in [1.807, 2.05) is 0 Å². The molecule has 0 unspecified atom stereocenters. The minimum Gasteiger partial charge on any atom is -0.433 e. The topological polar surface area (TPSA) is 72.7 Å². The number of non-ortho nitro benzene ring substituents is 1. The van der Waals surface area contributed by atoms with Crippen LogP contribution in [0.1, 0.15) is 0 Å². The zero-order valence-corrected chi connectivity index (χ0v) is 9.18. The molecule has 0 bridgehead atoms. The van der Waals surface area contributed by atoms with Crippen molar-refractivity contribution in [3.8, 4) is 0 Å². The Bertz CT molecular complexity index is 393. The van der Waals surface area contributed by atoms with Crippen molar-refractivity contribution in [2.45, 2.75) is 0 Å². The van der Waals surface area contributed by atoms with Crippen LogP contribution in [-0.2, 0) is 4.74 Å². The van der Waals surface area contributed by atoms with Gasteiger partial charge in [-0.1, -0.05) is 11.6 Å². The largest absolute Gasteiger partial charge is 0.433 e. The molecular weight excluding hydrogens is 236 g/mol. The van der Waals surface area contributed by atoms with Gasteiger partial charge in [0.1, 0.15) is 0 Å². The summed E-state index contributed by atoms with van der Waals surface area (Å²) in [4.78, 5) is 22.3. The van der Waals surface area contributed by atoms with Gasteiger partial charge in [-0.05, 0) is 12.1 Å². The molecule has 0 aliphatic heterocycles. The molecule has 0 spiro atoms. The van der Waals surface area contributed by atoms with Gasteiger partial charge in [0, 0.05) is 24.9 Å². The van der Waals surface area contributed by atoms with Crippen molar-refractivity contribution in [3.05, 3.63) is 34.4 Å². The second kappa shape index (κ2) is 5.32. The fraction of sp³-hybridized carbons (Fsp3) is 0.222. The first-order chi connectivity index (χ1) is 7.56. The Morgan fingerprint density at radius 1 is 1.50 bits per heavy atom. The summed E-state index contributed by atoms with van der Waals surface area (Å²) in [6, 6.07) is 5.27. The third-order valence-corrected chi connectivity index (χ3v) is 2.01. The van der Waals surface area contributed by atoms with Gasteiger partial charge in [0.05, 0.1) is 4.92 Å². The van der Waals surface area contributed by atoms with Crippen LogP contribution < -0.4 is 4.90 Å². The van der Waals surface area contributed by atoms with Crippen molar-refractivity contribution >= 4 is 29.1 Å². The lowest BCUT2D eigenvalue weighted by Crippen LogP contribution is -2.26. The van der Waals surface area contributed by atoms with Crippen molar-refractivity contribution in [1.29, 1.82) is 0 Å². The number of amides is 1. The predicted molar refractivity (Wildman–Crippen MR) is 58.7 cm³/mol. The zero-order chi connectivity index (χ0) is 12.1. The normalized spacial score (nSPS) is 9.62. The van der Waals surface area contributed by atoms with Crippen molar-refractivity contribution < 1.29 is 14.5 Å². The highest BCUT2D eigenvalue weighted by atomic mass is 35.5. The number of hydrogen-bond donors (Lipinski definition) is 0. The monoisotopic (exact) mass is 244 g/mol.